The average Bonchev–Trinajstić information content (AvgIpc) is 3.13. The van der Waals surface area contributed by atoms with Crippen LogP contribution in [-0.2, 0) is 14.3 Å². The zero-order valence-electron chi connectivity index (χ0n) is 15.0. The summed E-state index contributed by atoms with van der Waals surface area (Å²) in [7, 11) is 0. The second-order valence-electron chi connectivity index (χ2n) is 6.08. The van der Waals surface area contributed by atoms with Gasteiger partial charge in [-0.1, -0.05) is 41.2 Å². The average molecular weight is 397 g/mol. The van der Waals surface area contributed by atoms with Gasteiger partial charge >= 0.3 is 5.91 Å². The van der Waals surface area contributed by atoms with Gasteiger partial charge in [0, 0.05) is 0 Å². The van der Waals surface area contributed by atoms with Crippen molar-refractivity contribution in [2.24, 2.45) is 5.10 Å². The number of fused-ring (bicyclic) bond motifs is 1. The van der Waals surface area contributed by atoms with Crippen LogP contribution in [0.25, 0.3) is 10.2 Å². The van der Waals surface area contributed by atoms with Gasteiger partial charge in [0.25, 0.3) is 0 Å². The molecule has 0 saturated heterocycles. The molecule has 1 aliphatic heterocycles. The number of benzene rings is 2. The van der Waals surface area contributed by atoms with E-state index in [2.05, 4.69) is 10.1 Å². The van der Waals surface area contributed by atoms with Crippen LogP contribution in [-0.4, -0.2) is 30.3 Å². The van der Waals surface area contributed by atoms with Crippen LogP contribution in [0, 0.1) is 12.7 Å². The normalized spacial score (nSPS) is 13.9. The monoisotopic (exact) mass is 397 g/mol. The van der Waals surface area contributed by atoms with Gasteiger partial charge in [0.05, 0.1) is 16.4 Å². The molecule has 8 heteroatoms. The fourth-order valence-corrected chi connectivity index (χ4v) is 3.47. The van der Waals surface area contributed by atoms with Crippen molar-refractivity contribution in [2.75, 3.05) is 18.2 Å². The van der Waals surface area contributed by atoms with Crippen LogP contribution in [0.2, 0.25) is 0 Å². The summed E-state index contributed by atoms with van der Waals surface area (Å²) in [4.78, 5) is 17.4. The Morgan fingerprint density at radius 2 is 2.07 bits per heavy atom. The molecule has 1 aromatic heterocycles. The lowest BCUT2D eigenvalue weighted by Crippen LogP contribution is -2.30. The van der Waals surface area contributed by atoms with E-state index in [9.17, 15) is 9.18 Å². The number of halogens is 1. The Kier molecular flexibility index (Phi) is 5.03. The second-order valence-corrected chi connectivity index (χ2v) is 7.09. The van der Waals surface area contributed by atoms with Gasteiger partial charge in [-0.25, -0.2) is 9.37 Å². The first-order chi connectivity index (χ1) is 13.6. The number of aromatic nitrogens is 1. The number of rotatable bonds is 4. The molecular formula is C20H16FN3O3S. The molecule has 2 heterocycles. The zero-order chi connectivity index (χ0) is 19.5. The lowest BCUT2D eigenvalue weighted by atomic mass is 10.2. The lowest BCUT2D eigenvalue weighted by Gasteiger charge is -2.19. The molecule has 0 N–H and O–H groups in total. The van der Waals surface area contributed by atoms with Crippen molar-refractivity contribution in [1.29, 1.82) is 0 Å². The molecule has 28 heavy (non-hydrogen) atoms. The smallest absolute Gasteiger partial charge is 0.319 e. The third kappa shape index (κ3) is 3.86. The van der Waals surface area contributed by atoms with E-state index in [1.807, 2.05) is 31.2 Å². The third-order valence-corrected chi connectivity index (χ3v) is 4.97. The van der Waals surface area contributed by atoms with Crippen LogP contribution in [0.1, 0.15) is 11.1 Å². The summed E-state index contributed by atoms with van der Waals surface area (Å²) >= 11 is 1.17. The maximum Gasteiger partial charge on any atom is 0.319 e. The van der Waals surface area contributed by atoms with E-state index < -0.39 is 5.91 Å². The molecule has 0 aliphatic carbocycles. The standard InChI is InChI=1S/C20H16FN3O3S/c1-13-2-4-14(5-3-13)11-22-24(19(25)17-12-26-8-9-27-17)20-23-16-7-6-15(21)10-18(16)28-20/h2-7,10-12H,8-9H2,1H3/b22-11-. The van der Waals surface area contributed by atoms with E-state index in [0.717, 1.165) is 16.1 Å². The summed E-state index contributed by atoms with van der Waals surface area (Å²) in [5.41, 5.74) is 2.53. The van der Waals surface area contributed by atoms with Gasteiger partial charge in [-0.3, -0.25) is 4.79 Å². The zero-order valence-corrected chi connectivity index (χ0v) is 15.8. The summed E-state index contributed by atoms with van der Waals surface area (Å²) in [6, 6.07) is 12.0. The minimum atomic E-state index is -0.511. The molecule has 2 aromatic carbocycles. The number of ether oxygens (including phenoxy) is 2. The molecule has 142 valence electrons. The highest BCUT2D eigenvalue weighted by molar-refractivity contribution is 7.22. The molecule has 1 amide bonds. The Labute approximate surface area is 164 Å². The molecule has 0 unspecified atom stereocenters. The maximum atomic E-state index is 13.5. The predicted octanol–water partition coefficient (Wildman–Crippen LogP) is 4.00. The highest BCUT2D eigenvalue weighted by Gasteiger charge is 2.26. The van der Waals surface area contributed by atoms with Gasteiger partial charge in [0.2, 0.25) is 10.9 Å². The summed E-state index contributed by atoms with van der Waals surface area (Å²) in [5.74, 6) is -0.837. The molecule has 0 saturated carbocycles. The fourth-order valence-electron chi connectivity index (χ4n) is 2.53. The molecule has 0 atom stereocenters. The van der Waals surface area contributed by atoms with Gasteiger partial charge in [0.1, 0.15) is 25.3 Å². The first-order valence-electron chi connectivity index (χ1n) is 8.56. The molecule has 3 aromatic rings. The van der Waals surface area contributed by atoms with Gasteiger partial charge in [0.15, 0.2) is 0 Å². The first kappa shape index (κ1) is 18.1. The van der Waals surface area contributed by atoms with Crippen molar-refractivity contribution < 1.29 is 18.7 Å². The number of hydrogen-bond donors (Lipinski definition) is 0. The van der Waals surface area contributed by atoms with E-state index in [1.165, 1.54) is 29.7 Å². The highest BCUT2D eigenvalue weighted by Crippen LogP contribution is 2.30. The Morgan fingerprint density at radius 3 is 2.82 bits per heavy atom. The molecule has 0 bridgehead atoms. The number of hydrazone groups is 1. The van der Waals surface area contributed by atoms with Gasteiger partial charge in [-0.15, -0.1) is 0 Å². The fraction of sp³-hybridized carbons (Fsp3) is 0.150. The van der Waals surface area contributed by atoms with Gasteiger partial charge < -0.3 is 9.47 Å². The van der Waals surface area contributed by atoms with Crippen LogP contribution in [0.5, 0.6) is 0 Å². The van der Waals surface area contributed by atoms with E-state index in [-0.39, 0.29) is 18.2 Å². The van der Waals surface area contributed by atoms with Crippen molar-refractivity contribution in [1.82, 2.24) is 4.98 Å². The number of thiazole rings is 1. The Balaban J connectivity index is 1.72. The summed E-state index contributed by atoms with van der Waals surface area (Å²) in [6.45, 7) is 2.64. The number of nitrogens with zero attached hydrogens (tertiary/aromatic N) is 3. The van der Waals surface area contributed by atoms with Crippen molar-refractivity contribution in [3.63, 3.8) is 0 Å². The molecule has 0 spiro atoms. The minimum Gasteiger partial charge on any atom is -0.494 e. The highest BCUT2D eigenvalue weighted by atomic mass is 32.1. The van der Waals surface area contributed by atoms with Crippen LogP contribution >= 0.6 is 11.3 Å². The van der Waals surface area contributed by atoms with Crippen molar-refractivity contribution in [2.45, 2.75) is 6.92 Å². The summed E-state index contributed by atoms with van der Waals surface area (Å²) in [6.07, 6.45) is 2.83. The molecule has 1 aliphatic rings. The molecule has 0 radical (unpaired) electrons. The first-order valence-corrected chi connectivity index (χ1v) is 9.37. The minimum absolute atomic E-state index is 0.0396. The number of carbonyl (C=O) groups is 1. The van der Waals surface area contributed by atoms with Crippen LogP contribution in [0.4, 0.5) is 9.52 Å². The van der Waals surface area contributed by atoms with Crippen molar-refractivity contribution in [3.05, 3.63) is 71.4 Å². The predicted molar refractivity (Wildman–Crippen MR) is 106 cm³/mol. The SMILES string of the molecule is Cc1ccc(/C=N\N(C(=O)C2=COCCO2)c2nc3ccc(F)cc3s2)cc1. The van der Waals surface area contributed by atoms with E-state index in [4.69, 9.17) is 9.47 Å². The van der Waals surface area contributed by atoms with E-state index in [0.29, 0.717) is 22.0 Å². The molecule has 4 rings (SSSR count). The Hall–Kier alpha value is -3.26. The molecule has 6 nitrogen and oxygen atoms in total. The summed E-state index contributed by atoms with van der Waals surface area (Å²) in [5, 5.41) is 5.77. The second kappa shape index (κ2) is 7.77. The number of amides is 1. The number of anilines is 1. The van der Waals surface area contributed by atoms with Gasteiger partial charge in [-0.05, 0) is 30.7 Å². The molecule has 0 fully saturated rings. The van der Waals surface area contributed by atoms with Gasteiger partial charge in [-0.2, -0.15) is 10.1 Å². The van der Waals surface area contributed by atoms with Crippen LogP contribution in [0.3, 0.4) is 0 Å². The molecular weight excluding hydrogens is 381 g/mol. The maximum absolute atomic E-state index is 13.5. The Bertz CT molecular complexity index is 1080. The van der Waals surface area contributed by atoms with Crippen molar-refractivity contribution in [3.8, 4) is 0 Å². The number of carbonyl (C=O) groups excluding carboxylic acids is 1. The summed E-state index contributed by atoms with van der Waals surface area (Å²) < 4.78 is 24.7. The van der Waals surface area contributed by atoms with Crippen LogP contribution in [0.15, 0.2) is 59.6 Å². The largest absolute Gasteiger partial charge is 0.494 e. The number of aryl methyl sites for hydroxylation is 1. The number of hydrogen-bond acceptors (Lipinski definition) is 6. The third-order valence-electron chi connectivity index (χ3n) is 3.97. The lowest BCUT2D eigenvalue weighted by molar-refractivity contribution is -0.119. The van der Waals surface area contributed by atoms with E-state index >= 15 is 0 Å². The van der Waals surface area contributed by atoms with E-state index in [1.54, 1.807) is 12.3 Å². The Morgan fingerprint density at radius 1 is 1.25 bits per heavy atom. The quantitative estimate of drug-likeness (QED) is 0.493. The topological polar surface area (TPSA) is 64.0 Å². The van der Waals surface area contributed by atoms with Crippen LogP contribution < -0.4 is 5.01 Å². The van der Waals surface area contributed by atoms with Crippen molar-refractivity contribution >= 4 is 38.8 Å².